The van der Waals surface area contributed by atoms with Crippen LogP contribution in [0.1, 0.15) is 26.3 Å². The fourth-order valence-corrected chi connectivity index (χ4v) is 1.60. The van der Waals surface area contributed by atoms with E-state index in [-0.39, 0.29) is 17.5 Å². The zero-order valence-electron chi connectivity index (χ0n) is 10.6. The highest BCUT2D eigenvalue weighted by Gasteiger charge is 2.06. The van der Waals surface area contributed by atoms with Gasteiger partial charge in [-0.25, -0.2) is 0 Å². The summed E-state index contributed by atoms with van der Waals surface area (Å²) in [4.78, 5) is 0. The summed E-state index contributed by atoms with van der Waals surface area (Å²) in [6.45, 7) is 5.67. The summed E-state index contributed by atoms with van der Waals surface area (Å²) < 4.78 is 0. The third-order valence-corrected chi connectivity index (χ3v) is 2.33. The van der Waals surface area contributed by atoms with Gasteiger partial charge in [0, 0.05) is 17.7 Å². The van der Waals surface area contributed by atoms with Crippen molar-refractivity contribution >= 4 is 23.0 Å². The van der Waals surface area contributed by atoms with Crippen LogP contribution in [0.15, 0.2) is 23.3 Å². The first kappa shape index (κ1) is 14.2. The van der Waals surface area contributed by atoms with Crippen LogP contribution in [0, 0.1) is 0 Å². The van der Waals surface area contributed by atoms with Crippen LogP contribution in [0.2, 0.25) is 0 Å². The van der Waals surface area contributed by atoms with Gasteiger partial charge in [-0.1, -0.05) is 0 Å². The first-order valence-corrected chi connectivity index (χ1v) is 5.94. The van der Waals surface area contributed by atoms with Gasteiger partial charge in [0.05, 0.1) is 5.71 Å². The molecule has 0 spiro atoms. The Hall–Kier alpha value is -1.82. The number of hydrogen-bond acceptors (Lipinski definition) is 4. The highest BCUT2D eigenvalue weighted by atomic mass is 32.1. The third kappa shape index (κ3) is 4.21. The predicted octanol–water partition coefficient (Wildman–Crippen LogP) is 1.69. The average Bonchev–Trinajstić information content (AvgIpc) is 2.25. The number of phenols is 2. The molecule has 6 heteroatoms. The second-order valence-corrected chi connectivity index (χ2v) is 4.55. The minimum atomic E-state index is -0.0270. The molecule has 0 amide bonds. The van der Waals surface area contributed by atoms with Crippen molar-refractivity contribution in [2.45, 2.75) is 26.8 Å². The molecular weight excluding hydrogens is 250 g/mol. The van der Waals surface area contributed by atoms with Crippen LogP contribution >= 0.6 is 12.2 Å². The average molecular weight is 267 g/mol. The maximum atomic E-state index is 9.66. The number of phenolic OH excluding ortho intramolecular Hbond substituents is 2. The lowest BCUT2D eigenvalue weighted by Crippen LogP contribution is -2.37. The number of benzene rings is 1. The summed E-state index contributed by atoms with van der Waals surface area (Å²) in [5, 5.41) is 26.3. The van der Waals surface area contributed by atoms with Crippen molar-refractivity contribution in [3.8, 4) is 11.5 Å². The lowest BCUT2D eigenvalue weighted by atomic mass is 10.1. The molecule has 98 valence electrons. The van der Waals surface area contributed by atoms with E-state index in [9.17, 15) is 10.2 Å². The molecule has 4 N–H and O–H groups in total. The molecule has 0 saturated carbocycles. The predicted molar refractivity (Wildman–Crippen MR) is 76.0 cm³/mol. The number of hydrazone groups is 1. The number of nitrogens with zero attached hydrogens (tertiary/aromatic N) is 1. The first-order valence-electron chi connectivity index (χ1n) is 5.53. The molecule has 0 aromatic heterocycles. The van der Waals surface area contributed by atoms with E-state index in [1.807, 2.05) is 13.8 Å². The van der Waals surface area contributed by atoms with Crippen molar-refractivity contribution in [1.82, 2.24) is 10.7 Å². The minimum Gasteiger partial charge on any atom is -0.508 e. The molecule has 1 aromatic carbocycles. The van der Waals surface area contributed by atoms with E-state index >= 15 is 0 Å². The maximum absolute atomic E-state index is 9.66. The second kappa shape index (κ2) is 6.20. The second-order valence-electron chi connectivity index (χ2n) is 4.14. The number of rotatable bonds is 3. The molecule has 0 aliphatic rings. The van der Waals surface area contributed by atoms with Gasteiger partial charge in [0.15, 0.2) is 5.11 Å². The van der Waals surface area contributed by atoms with Crippen molar-refractivity contribution in [3.05, 3.63) is 23.8 Å². The number of thiocarbonyl (C=S) groups is 1. The summed E-state index contributed by atoms with van der Waals surface area (Å²) in [5.74, 6) is -0.0187. The molecule has 0 radical (unpaired) electrons. The Morgan fingerprint density at radius 2 is 2.00 bits per heavy atom. The normalized spacial score (nSPS) is 11.4. The van der Waals surface area contributed by atoms with Crippen LogP contribution in [0.5, 0.6) is 11.5 Å². The van der Waals surface area contributed by atoms with E-state index < -0.39 is 0 Å². The van der Waals surface area contributed by atoms with Gasteiger partial charge < -0.3 is 15.5 Å². The summed E-state index contributed by atoms with van der Waals surface area (Å²) in [6, 6.07) is 4.56. The quantitative estimate of drug-likeness (QED) is 0.381. The Labute approximate surface area is 112 Å². The SMILES string of the molecule is C/C(=N\NC(=S)NC(C)C)c1ccc(O)cc1O. The van der Waals surface area contributed by atoms with Gasteiger partial charge in [0.1, 0.15) is 11.5 Å². The standard InChI is InChI=1S/C12H17N3O2S/c1-7(2)13-12(18)15-14-8(3)10-5-4-9(16)6-11(10)17/h4-7,16-17H,1-3H3,(H2,13,15,18)/b14-8+. The van der Waals surface area contributed by atoms with Gasteiger partial charge in [0.25, 0.3) is 0 Å². The summed E-state index contributed by atoms with van der Waals surface area (Å²) in [7, 11) is 0. The Morgan fingerprint density at radius 1 is 1.33 bits per heavy atom. The van der Waals surface area contributed by atoms with Crippen LogP contribution in [-0.4, -0.2) is 27.1 Å². The molecule has 0 aliphatic carbocycles. The molecule has 0 aliphatic heterocycles. The van der Waals surface area contributed by atoms with E-state index in [2.05, 4.69) is 15.8 Å². The van der Waals surface area contributed by atoms with Crippen molar-refractivity contribution in [3.63, 3.8) is 0 Å². The lowest BCUT2D eigenvalue weighted by Gasteiger charge is -2.11. The molecule has 1 aromatic rings. The summed E-state index contributed by atoms with van der Waals surface area (Å²) in [6.07, 6.45) is 0. The van der Waals surface area contributed by atoms with Crippen molar-refractivity contribution < 1.29 is 10.2 Å². The van der Waals surface area contributed by atoms with Crippen molar-refractivity contribution in [2.24, 2.45) is 5.10 Å². The summed E-state index contributed by atoms with van der Waals surface area (Å²) in [5.41, 5.74) is 3.79. The Kier molecular flexibility index (Phi) is 4.91. The number of aromatic hydroxyl groups is 2. The highest BCUT2D eigenvalue weighted by molar-refractivity contribution is 7.80. The Morgan fingerprint density at radius 3 is 2.56 bits per heavy atom. The van der Waals surface area contributed by atoms with Gasteiger partial charge in [-0.3, -0.25) is 5.43 Å². The fourth-order valence-electron chi connectivity index (χ4n) is 1.32. The van der Waals surface area contributed by atoms with Crippen LogP contribution in [-0.2, 0) is 0 Å². The Balaban J connectivity index is 2.74. The zero-order chi connectivity index (χ0) is 13.7. The highest BCUT2D eigenvalue weighted by Crippen LogP contribution is 2.22. The molecule has 18 heavy (non-hydrogen) atoms. The van der Waals surface area contributed by atoms with Gasteiger partial charge >= 0.3 is 0 Å². The smallest absolute Gasteiger partial charge is 0.187 e. The first-order chi connectivity index (χ1) is 8.40. The van der Waals surface area contributed by atoms with Gasteiger partial charge in [-0.2, -0.15) is 5.10 Å². The van der Waals surface area contributed by atoms with Crippen LogP contribution < -0.4 is 10.7 Å². The van der Waals surface area contributed by atoms with Gasteiger partial charge in [-0.05, 0) is 45.1 Å². The molecule has 0 unspecified atom stereocenters. The van der Waals surface area contributed by atoms with E-state index in [1.165, 1.54) is 12.1 Å². The molecule has 0 saturated heterocycles. The maximum Gasteiger partial charge on any atom is 0.187 e. The largest absolute Gasteiger partial charge is 0.508 e. The van der Waals surface area contributed by atoms with E-state index in [1.54, 1.807) is 13.0 Å². The van der Waals surface area contributed by atoms with E-state index in [0.717, 1.165) is 0 Å². The van der Waals surface area contributed by atoms with Gasteiger partial charge in [-0.15, -0.1) is 0 Å². The molecule has 0 fully saturated rings. The molecular formula is C12H17N3O2S. The lowest BCUT2D eigenvalue weighted by molar-refractivity contribution is 0.450. The number of hydrogen-bond donors (Lipinski definition) is 4. The van der Waals surface area contributed by atoms with Crippen LogP contribution in [0.25, 0.3) is 0 Å². The summed E-state index contributed by atoms with van der Waals surface area (Å²) >= 11 is 5.02. The monoisotopic (exact) mass is 267 g/mol. The van der Waals surface area contributed by atoms with Crippen LogP contribution in [0.4, 0.5) is 0 Å². The van der Waals surface area contributed by atoms with Crippen LogP contribution in [0.3, 0.4) is 0 Å². The minimum absolute atomic E-state index is 0.00834. The molecule has 1 rings (SSSR count). The van der Waals surface area contributed by atoms with E-state index in [0.29, 0.717) is 16.4 Å². The van der Waals surface area contributed by atoms with Crippen molar-refractivity contribution in [1.29, 1.82) is 0 Å². The molecule has 0 atom stereocenters. The molecule has 0 heterocycles. The fraction of sp³-hybridized carbons (Fsp3) is 0.333. The topological polar surface area (TPSA) is 76.9 Å². The number of nitrogens with one attached hydrogen (secondary N) is 2. The molecule has 5 nitrogen and oxygen atoms in total. The zero-order valence-corrected chi connectivity index (χ0v) is 11.4. The van der Waals surface area contributed by atoms with E-state index in [4.69, 9.17) is 12.2 Å². The van der Waals surface area contributed by atoms with Gasteiger partial charge in [0.2, 0.25) is 0 Å². The third-order valence-electron chi connectivity index (χ3n) is 2.12. The molecule has 0 bridgehead atoms. The Bertz CT molecular complexity index is 472. The van der Waals surface area contributed by atoms with Crippen molar-refractivity contribution in [2.75, 3.05) is 0 Å².